The molecule has 0 amide bonds. The molecule has 0 bridgehead atoms. The molecule has 1 N–H and O–H groups in total. The number of furan rings is 2. The molecule has 7 nitrogen and oxygen atoms in total. The van der Waals surface area contributed by atoms with Crippen LogP contribution in [0.4, 0.5) is 0 Å². The molecule has 0 radical (unpaired) electrons. The fraction of sp³-hybridized carbons (Fsp3) is 0. The molecule has 15 rings (SSSR count). The first-order valence-corrected chi connectivity index (χ1v) is 23.5. The van der Waals surface area contributed by atoms with E-state index in [2.05, 4.69) is 173 Å². The predicted octanol–water partition coefficient (Wildman–Crippen LogP) is 16.5. The summed E-state index contributed by atoms with van der Waals surface area (Å²) in [5, 5.41) is 25.1. The fourth-order valence-corrected chi connectivity index (χ4v) is 11.0. The molecule has 0 saturated carbocycles. The topological polar surface area (TPSA) is 84.7 Å². The number of para-hydroxylation sites is 3. The van der Waals surface area contributed by atoms with Crippen LogP contribution in [0.3, 0.4) is 0 Å². The molecule has 70 heavy (non-hydrogen) atoms. The van der Waals surface area contributed by atoms with Crippen LogP contribution in [0.5, 0.6) is 0 Å². The number of hydrogen-bond donors (Lipinski definition) is 1. The average Bonchev–Trinajstić information content (AvgIpc) is 4.15. The maximum atomic E-state index is 9.68. The molecular formula is C63H37N5O2. The molecule has 326 valence electrons. The van der Waals surface area contributed by atoms with E-state index in [1.807, 2.05) is 54.7 Å². The van der Waals surface area contributed by atoms with Gasteiger partial charge in [0.1, 0.15) is 22.3 Å². The number of aliphatic imine (C=N–C) groups is 2. The Hall–Kier alpha value is -9.59. The average molecular weight is 896 g/mol. The quantitative estimate of drug-likeness (QED) is 0.141. The third-order valence-electron chi connectivity index (χ3n) is 14.2. The molecule has 0 saturated heterocycles. The van der Waals surface area contributed by atoms with E-state index in [0.29, 0.717) is 22.7 Å². The number of nitrogens with one attached hydrogen (secondary N) is 1. The van der Waals surface area contributed by atoms with Crippen LogP contribution in [-0.4, -0.2) is 27.1 Å². The Balaban J connectivity index is 1.03. The van der Waals surface area contributed by atoms with Gasteiger partial charge in [0, 0.05) is 54.9 Å². The van der Waals surface area contributed by atoms with Crippen molar-refractivity contribution < 1.29 is 8.83 Å². The molecule has 0 aliphatic heterocycles. The van der Waals surface area contributed by atoms with Gasteiger partial charge < -0.3 is 13.4 Å². The highest BCUT2D eigenvalue weighted by Crippen LogP contribution is 2.42. The molecule has 4 aromatic heterocycles. The number of benzene rings is 11. The Morgan fingerprint density at radius 3 is 1.76 bits per heavy atom. The van der Waals surface area contributed by atoms with Crippen LogP contribution in [0.15, 0.2) is 231 Å². The van der Waals surface area contributed by atoms with E-state index in [1.54, 1.807) is 0 Å². The third kappa shape index (κ3) is 5.66. The van der Waals surface area contributed by atoms with Gasteiger partial charge in [-0.1, -0.05) is 140 Å². The van der Waals surface area contributed by atoms with E-state index in [4.69, 9.17) is 18.8 Å². The molecule has 0 unspecified atom stereocenters. The summed E-state index contributed by atoms with van der Waals surface area (Å²) in [6, 6.07) is 73.9. The van der Waals surface area contributed by atoms with Crippen molar-refractivity contribution in [1.29, 1.82) is 5.41 Å². The Bertz CT molecular complexity index is 4750. The van der Waals surface area contributed by atoms with Crippen LogP contribution < -0.4 is 0 Å². The highest BCUT2D eigenvalue weighted by atomic mass is 16.3. The normalized spacial score (nSPS) is 12.7. The summed E-state index contributed by atoms with van der Waals surface area (Å²) in [5.41, 5.74) is 9.27. The van der Waals surface area contributed by atoms with Gasteiger partial charge in [-0.25, -0.2) is 4.99 Å². The molecule has 0 spiro atoms. The number of hydrogen-bond acceptors (Lipinski definition) is 3. The minimum absolute atomic E-state index is 0.0476. The second kappa shape index (κ2) is 14.7. The zero-order chi connectivity index (χ0) is 46.0. The summed E-state index contributed by atoms with van der Waals surface area (Å²) >= 11 is 0. The summed E-state index contributed by atoms with van der Waals surface area (Å²) in [6.45, 7) is 0. The van der Waals surface area contributed by atoms with Crippen LogP contribution in [0.1, 0.15) is 11.1 Å². The second-order valence-electron chi connectivity index (χ2n) is 18.1. The van der Waals surface area contributed by atoms with Crippen LogP contribution >= 0.6 is 0 Å². The lowest BCUT2D eigenvalue weighted by Gasteiger charge is -2.13. The first-order valence-electron chi connectivity index (χ1n) is 23.5. The fourth-order valence-electron chi connectivity index (χ4n) is 11.0. The van der Waals surface area contributed by atoms with Crippen molar-refractivity contribution in [2.45, 2.75) is 0 Å². The lowest BCUT2D eigenvalue weighted by molar-refractivity contribution is 0.668. The van der Waals surface area contributed by atoms with Crippen LogP contribution in [0, 0.1) is 5.41 Å². The lowest BCUT2D eigenvalue weighted by atomic mass is 10.0. The Labute approximate surface area is 398 Å². The number of nitrogens with zero attached hydrogens (tertiary/aromatic N) is 4. The minimum atomic E-state index is 0.0476. The molecule has 0 aliphatic carbocycles. The second-order valence-corrected chi connectivity index (χ2v) is 18.1. The van der Waals surface area contributed by atoms with E-state index in [1.165, 1.54) is 21.5 Å². The van der Waals surface area contributed by atoms with Crippen molar-refractivity contribution in [3.8, 4) is 5.69 Å². The maximum Gasteiger partial charge on any atom is 0.236 e. The van der Waals surface area contributed by atoms with Crippen LogP contribution in [0.2, 0.25) is 0 Å². The van der Waals surface area contributed by atoms with Crippen molar-refractivity contribution >= 4 is 138 Å². The minimum Gasteiger partial charge on any atom is -0.456 e. The van der Waals surface area contributed by atoms with Crippen molar-refractivity contribution in [3.63, 3.8) is 0 Å². The lowest BCUT2D eigenvalue weighted by Crippen LogP contribution is -2.13. The van der Waals surface area contributed by atoms with Crippen LogP contribution in [0.25, 0.3) is 125 Å². The zero-order valence-corrected chi connectivity index (χ0v) is 37.4. The molecule has 0 aliphatic rings. The largest absolute Gasteiger partial charge is 0.456 e. The number of rotatable bonds is 3. The number of fused-ring (bicyclic) bond motifs is 16. The zero-order valence-electron chi connectivity index (χ0n) is 37.4. The Morgan fingerprint density at radius 1 is 0.414 bits per heavy atom. The van der Waals surface area contributed by atoms with Gasteiger partial charge in [0.05, 0.1) is 33.3 Å². The summed E-state index contributed by atoms with van der Waals surface area (Å²) < 4.78 is 17.8. The van der Waals surface area contributed by atoms with Crippen molar-refractivity contribution in [1.82, 2.24) is 9.13 Å². The van der Waals surface area contributed by atoms with Gasteiger partial charge >= 0.3 is 0 Å². The summed E-state index contributed by atoms with van der Waals surface area (Å²) in [7, 11) is 0. The van der Waals surface area contributed by atoms with Crippen molar-refractivity contribution in [3.05, 3.63) is 223 Å². The smallest absolute Gasteiger partial charge is 0.236 e. The molecule has 15 aromatic rings. The van der Waals surface area contributed by atoms with Gasteiger partial charge in [-0.05, 0) is 105 Å². The molecule has 11 aromatic carbocycles. The monoisotopic (exact) mass is 895 g/mol. The van der Waals surface area contributed by atoms with Gasteiger partial charge in [-0.2, -0.15) is 4.99 Å². The molecule has 7 heteroatoms. The molecule has 4 heterocycles. The first-order chi connectivity index (χ1) is 34.6. The standard InChI is InChI=1S/C63H37N5O2/c64-62(42-25-27-47-46-21-9-12-24-57(46)69-58(47)35-42)66-63(68-52-22-10-7-19-44(52)45-20-8-11-23-53(45)68)65-36-51-54(30-28-48-49-31-38-14-2-4-17-41(38)34-59(49)70-61(48)51)67-55-29-26-37-13-5-6-18-43(37)60(55)50-32-39-15-1-3-16-40(39)33-56(50)67/h1-36,64H/b64-62?,65-36+,66-63?. The Morgan fingerprint density at radius 2 is 1.00 bits per heavy atom. The number of aromatic nitrogens is 2. The highest BCUT2D eigenvalue weighted by Gasteiger charge is 2.23. The summed E-state index contributed by atoms with van der Waals surface area (Å²) in [6.07, 6.45) is 1.90. The van der Waals surface area contributed by atoms with Crippen LogP contribution in [-0.2, 0) is 0 Å². The van der Waals surface area contributed by atoms with Gasteiger partial charge in [-0.15, -0.1) is 0 Å². The van der Waals surface area contributed by atoms with Crippen molar-refractivity contribution in [2.24, 2.45) is 9.98 Å². The summed E-state index contributed by atoms with van der Waals surface area (Å²) in [5.74, 6) is 0.377. The van der Waals surface area contributed by atoms with Gasteiger partial charge in [-0.3, -0.25) is 9.98 Å². The van der Waals surface area contributed by atoms with E-state index in [0.717, 1.165) is 98.3 Å². The maximum absolute atomic E-state index is 9.68. The van der Waals surface area contributed by atoms with Gasteiger partial charge in [0.25, 0.3) is 0 Å². The van der Waals surface area contributed by atoms with E-state index < -0.39 is 0 Å². The third-order valence-corrected chi connectivity index (χ3v) is 14.2. The van der Waals surface area contributed by atoms with E-state index >= 15 is 0 Å². The first kappa shape index (κ1) is 38.5. The van der Waals surface area contributed by atoms with Gasteiger partial charge in [0.15, 0.2) is 5.84 Å². The molecule has 0 atom stereocenters. The van der Waals surface area contributed by atoms with E-state index in [-0.39, 0.29) is 5.84 Å². The van der Waals surface area contributed by atoms with E-state index in [9.17, 15) is 5.41 Å². The number of amidine groups is 1. The predicted molar refractivity (Wildman–Crippen MR) is 291 cm³/mol. The van der Waals surface area contributed by atoms with Crippen molar-refractivity contribution in [2.75, 3.05) is 0 Å². The SMILES string of the molecule is N=C(N=C(/N=C/c1c(-n2c3cc4ccccc4cc3c3c4ccccc4ccc32)ccc2c1oc1cc3ccccc3cc12)n1c2ccccc2c2ccccc21)c1ccc2c(c1)oc1ccccc12. The Kier molecular flexibility index (Phi) is 8.09. The molecular weight excluding hydrogens is 859 g/mol. The van der Waals surface area contributed by atoms with Gasteiger partial charge in [0.2, 0.25) is 5.96 Å². The highest BCUT2D eigenvalue weighted by molar-refractivity contribution is 6.25. The molecule has 0 fully saturated rings. The summed E-state index contributed by atoms with van der Waals surface area (Å²) in [4.78, 5) is 10.6.